The number of aryl methyl sites for hydroxylation is 2. The summed E-state index contributed by atoms with van der Waals surface area (Å²) in [6.07, 6.45) is -4.82. The van der Waals surface area contributed by atoms with Crippen LogP contribution >= 0.6 is 11.3 Å². The highest BCUT2D eigenvalue weighted by atomic mass is 32.1. The summed E-state index contributed by atoms with van der Waals surface area (Å²) >= 11 is 0.769. The molecule has 0 spiro atoms. The molecule has 0 radical (unpaired) electrons. The molecule has 0 N–H and O–H groups in total. The molecule has 0 saturated carbocycles. The smallest absolute Gasteiger partial charge is 0.281 e. The fourth-order valence-electron chi connectivity index (χ4n) is 0.691. The van der Waals surface area contributed by atoms with Crippen molar-refractivity contribution in [1.29, 1.82) is 0 Å². The van der Waals surface area contributed by atoms with Crippen LogP contribution in [0.15, 0.2) is 0 Å². The first-order valence-corrected chi connectivity index (χ1v) is 4.19. The van der Waals surface area contributed by atoms with E-state index in [2.05, 4.69) is 4.98 Å². The number of alkyl halides is 3. The van der Waals surface area contributed by atoms with Crippen LogP contribution in [0.3, 0.4) is 0 Å². The van der Waals surface area contributed by atoms with Crippen LogP contribution in [0.5, 0.6) is 0 Å². The van der Waals surface area contributed by atoms with E-state index in [1.54, 1.807) is 13.8 Å². The van der Waals surface area contributed by atoms with Crippen molar-refractivity contribution in [3.05, 3.63) is 15.6 Å². The lowest BCUT2D eigenvalue weighted by Gasteiger charge is -1.99. The van der Waals surface area contributed by atoms with Crippen LogP contribution in [-0.2, 0) is 0 Å². The topological polar surface area (TPSA) is 30.0 Å². The minimum absolute atomic E-state index is 0.470. The Hall–Kier alpha value is -0.910. The highest BCUT2D eigenvalue weighted by Gasteiger charge is 2.41. The molecule has 0 fully saturated rings. The Morgan fingerprint density at radius 2 is 1.92 bits per heavy atom. The average molecular weight is 209 g/mol. The molecule has 0 atom stereocenters. The van der Waals surface area contributed by atoms with Crippen LogP contribution in [-0.4, -0.2) is 16.9 Å². The summed E-state index contributed by atoms with van der Waals surface area (Å²) in [4.78, 5) is 14.8. The number of rotatable bonds is 1. The summed E-state index contributed by atoms with van der Waals surface area (Å²) in [5, 5.41) is -0.484. The number of carbonyl (C=O) groups excluding carboxylic acids is 1. The van der Waals surface area contributed by atoms with Gasteiger partial charge in [0.15, 0.2) is 5.01 Å². The summed E-state index contributed by atoms with van der Waals surface area (Å²) in [5.74, 6) is -1.87. The molecule has 6 heteroatoms. The predicted molar refractivity (Wildman–Crippen MR) is 42.0 cm³/mol. The fourth-order valence-corrected chi connectivity index (χ4v) is 1.57. The van der Waals surface area contributed by atoms with E-state index < -0.39 is 17.0 Å². The summed E-state index contributed by atoms with van der Waals surface area (Å²) < 4.78 is 35.7. The maximum Gasteiger partial charge on any atom is 0.457 e. The molecule has 0 bridgehead atoms. The van der Waals surface area contributed by atoms with Gasteiger partial charge in [0.05, 0.1) is 5.69 Å². The van der Waals surface area contributed by atoms with E-state index in [1.807, 2.05) is 0 Å². The first-order valence-electron chi connectivity index (χ1n) is 3.38. The Morgan fingerprint density at radius 1 is 1.38 bits per heavy atom. The molecular weight excluding hydrogens is 203 g/mol. The second-order valence-electron chi connectivity index (χ2n) is 2.49. The SMILES string of the molecule is Cc1nc(C(=O)C(F)(F)F)sc1C. The Kier molecular flexibility index (Phi) is 2.42. The lowest BCUT2D eigenvalue weighted by Crippen LogP contribution is -2.22. The number of carbonyl (C=O) groups is 1. The summed E-state index contributed by atoms with van der Waals surface area (Å²) in [6.45, 7) is 3.19. The molecule has 1 rings (SSSR count). The van der Waals surface area contributed by atoms with Crippen molar-refractivity contribution in [3.63, 3.8) is 0 Å². The van der Waals surface area contributed by atoms with E-state index in [0.29, 0.717) is 10.6 Å². The minimum atomic E-state index is -4.82. The van der Waals surface area contributed by atoms with Crippen molar-refractivity contribution in [2.75, 3.05) is 0 Å². The largest absolute Gasteiger partial charge is 0.457 e. The number of halogens is 3. The maximum absolute atomic E-state index is 11.9. The minimum Gasteiger partial charge on any atom is -0.281 e. The highest BCUT2D eigenvalue weighted by molar-refractivity contribution is 7.13. The molecule has 72 valence electrons. The van der Waals surface area contributed by atoms with Crippen LogP contribution in [0.25, 0.3) is 0 Å². The number of nitrogens with zero attached hydrogens (tertiary/aromatic N) is 1. The Bertz CT molecular complexity index is 322. The van der Waals surface area contributed by atoms with Gasteiger partial charge in [-0.15, -0.1) is 11.3 Å². The molecular formula is C7H6F3NOS. The number of aromatic nitrogens is 1. The number of hydrogen-bond acceptors (Lipinski definition) is 3. The van der Waals surface area contributed by atoms with Crippen molar-refractivity contribution >= 4 is 17.1 Å². The van der Waals surface area contributed by atoms with Crippen LogP contribution in [0.1, 0.15) is 20.4 Å². The lowest BCUT2D eigenvalue weighted by molar-refractivity contribution is -0.0885. The quantitative estimate of drug-likeness (QED) is 0.665. The molecule has 2 nitrogen and oxygen atoms in total. The van der Waals surface area contributed by atoms with Gasteiger partial charge >= 0.3 is 6.18 Å². The van der Waals surface area contributed by atoms with Crippen LogP contribution < -0.4 is 0 Å². The van der Waals surface area contributed by atoms with Gasteiger partial charge in [-0.1, -0.05) is 0 Å². The molecule has 0 aliphatic rings. The Morgan fingerprint density at radius 3 is 2.23 bits per heavy atom. The molecule has 1 heterocycles. The first kappa shape index (κ1) is 10.2. The molecule has 0 aromatic carbocycles. The Labute approximate surface area is 76.4 Å². The molecule has 0 saturated heterocycles. The van der Waals surface area contributed by atoms with Gasteiger partial charge in [-0.2, -0.15) is 13.2 Å². The van der Waals surface area contributed by atoms with Crippen molar-refractivity contribution in [1.82, 2.24) is 4.98 Å². The number of Topliss-reactive ketones (excluding diaryl/α,β-unsaturated/α-hetero) is 1. The molecule has 0 unspecified atom stereocenters. The monoisotopic (exact) mass is 209 g/mol. The van der Waals surface area contributed by atoms with Crippen molar-refractivity contribution in [3.8, 4) is 0 Å². The fraction of sp³-hybridized carbons (Fsp3) is 0.429. The van der Waals surface area contributed by atoms with E-state index in [1.165, 1.54) is 0 Å². The maximum atomic E-state index is 11.9. The second-order valence-corrected chi connectivity index (χ2v) is 3.69. The van der Waals surface area contributed by atoms with Gasteiger partial charge in [-0.05, 0) is 13.8 Å². The molecule has 0 amide bonds. The third-order valence-electron chi connectivity index (χ3n) is 1.48. The molecule has 0 aliphatic heterocycles. The van der Waals surface area contributed by atoms with Crippen LogP contribution in [0.2, 0.25) is 0 Å². The van der Waals surface area contributed by atoms with Gasteiger partial charge in [0.25, 0.3) is 5.78 Å². The zero-order valence-corrected chi connectivity index (χ0v) is 7.71. The Balaban J connectivity index is 3.03. The van der Waals surface area contributed by atoms with Gasteiger partial charge in [-0.3, -0.25) is 4.79 Å². The zero-order chi connectivity index (χ0) is 10.2. The van der Waals surface area contributed by atoms with Crippen LogP contribution in [0, 0.1) is 13.8 Å². The zero-order valence-electron chi connectivity index (χ0n) is 6.90. The molecule has 1 aromatic rings. The number of hydrogen-bond donors (Lipinski definition) is 0. The van der Waals surface area contributed by atoms with Crippen molar-refractivity contribution in [2.45, 2.75) is 20.0 Å². The first-order chi connectivity index (χ1) is 5.82. The lowest BCUT2D eigenvalue weighted by atomic mass is 10.4. The highest BCUT2D eigenvalue weighted by Crippen LogP contribution is 2.25. The summed E-state index contributed by atoms with van der Waals surface area (Å²) in [7, 11) is 0. The van der Waals surface area contributed by atoms with Gasteiger partial charge in [0, 0.05) is 4.88 Å². The molecule has 0 aliphatic carbocycles. The van der Waals surface area contributed by atoms with Crippen LogP contribution in [0.4, 0.5) is 13.2 Å². The van der Waals surface area contributed by atoms with Gasteiger partial charge in [0.2, 0.25) is 0 Å². The van der Waals surface area contributed by atoms with E-state index in [4.69, 9.17) is 0 Å². The van der Waals surface area contributed by atoms with Gasteiger partial charge in [-0.25, -0.2) is 4.98 Å². The average Bonchev–Trinajstić information content (AvgIpc) is 2.29. The molecule has 13 heavy (non-hydrogen) atoms. The standard InChI is InChI=1S/C7H6F3NOS/c1-3-4(2)13-6(11-3)5(12)7(8,9)10/h1-2H3. The normalized spacial score (nSPS) is 11.8. The third kappa shape index (κ3) is 2.06. The van der Waals surface area contributed by atoms with E-state index in [0.717, 1.165) is 11.3 Å². The predicted octanol–water partition coefficient (Wildman–Crippen LogP) is 2.50. The van der Waals surface area contributed by atoms with E-state index in [9.17, 15) is 18.0 Å². The van der Waals surface area contributed by atoms with E-state index in [-0.39, 0.29) is 0 Å². The van der Waals surface area contributed by atoms with Gasteiger partial charge < -0.3 is 0 Å². The van der Waals surface area contributed by atoms with E-state index >= 15 is 0 Å². The second kappa shape index (κ2) is 3.10. The molecule has 1 aromatic heterocycles. The van der Waals surface area contributed by atoms with Gasteiger partial charge in [0.1, 0.15) is 0 Å². The number of thiazole rings is 1. The summed E-state index contributed by atoms with van der Waals surface area (Å²) in [5.41, 5.74) is 0.470. The van der Waals surface area contributed by atoms with Crippen molar-refractivity contribution in [2.24, 2.45) is 0 Å². The third-order valence-corrected chi connectivity index (χ3v) is 2.55. The van der Waals surface area contributed by atoms with Crippen molar-refractivity contribution < 1.29 is 18.0 Å². The summed E-state index contributed by atoms with van der Waals surface area (Å²) in [6, 6.07) is 0. The number of ketones is 1.